The zero-order valence-corrected chi connectivity index (χ0v) is 10.6. The third-order valence-corrected chi connectivity index (χ3v) is 2.42. The highest BCUT2D eigenvalue weighted by Gasteiger charge is 2.19. The Morgan fingerprint density at radius 1 is 1.58 bits per heavy atom. The maximum absolute atomic E-state index is 11.7. The molecule has 0 spiro atoms. The first kappa shape index (κ1) is 15.1. The molecule has 1 rings (SSSR count). The minimum Gasteiger partial charge on any atom is -0.544 e. The van der Waals surface area contributed by atoms with Crippen LogP contribution < -0.4 is 15.7 Å². The summed E-state index contributed by atoms with van der Waals surface area (Å²) in [5.41, 5.74) is 0.500. The first-order valence-corrected chi connectivity index (χ1v) is 5.91. The molecule has 1 aromatic rings. The molecular formula is C12H17N3O4. The van der Waals surface area contributed by atoms with Gasteiger partial charge in [0.1, 0.15) is 12.6 Å². The molecule has 1 amide bonds. The van der Waals surface area contributed by atoms with Gasteiger partial charge in [-0.05, 0) is 19.1 Å². The van der Waals surface area contributed by atoms with Crippen molar-refractivity contribution in [1.82, 2.24) is 4.98 Å². The number of aliphatic hydroxyl groups excluding tert-OH is 1. The van der Waals surface area contributed by atoms with Crippen LogP contribution in [0.4, 0.5) is 5.69 Å². The van der Waals surface area contributed by atoms with Gasteiger partial charge in [-0.25, -0.2) is 0 Å². The monoisotopic (exact) mass is 267 g/mol. The zero-order chi connectivity index (χ0) is 14.3. The van der Waals surface area contributed by atoms with Gasteiger partial charge in [0.2, 0.25) is 5.91 Å². The number of aromatic nitrogens is 1. The second-order valence-corrected chi connectivity index (χ2v) is 4.24. The molecule has 4 N–H and O–H groups in total. The number of carboxylic acid groups (broad SMARTS) is 1. The number of nitrogens with zero attached hydrogens (tertiary/aromatic N) is 1. The Hall–Kier alpha value is -1.99. The largest absolute Gasteiger partial charge is 0.544 e. The average Bonchev–Trinajstić information content (AvgIpc) is 2.35. The molecule has 7 nitrogen and oxygen atoms in total. The smallest absolute Gasteiger partial charge is 0.230 e. The Morgan fingerprint density at radius 2 is 2.32 bits per heavy atom. The van der Waals surface area contributed by atoms with Crippen LogP contribution in [0.2, 0.25) is 0 Å². The van der Waals surface area contributed by atoms with Gasteiger partial charge >= 0.3 is 0 Å². The molecule has 0 radical (unpaired) electrons. The molecule has 0 aliphatic carbocycles. The minimum absolute atomic E-state index is 0.193. The summed E-state index contributed by atoms with van der Waals surface area (Å²) in [5.74, 6) is -1.77. The Balaban J connectivity index is 2.49. The van der Waals surface area contributed by atoms with E-state index in [1.807, 2.05) is 0 Å². The van der Waals surface area contributed by atoms with E-state index in [-0.39, 0.29) is 13.0 Å². The van der Waals surface area contributed by atoms with Crippen molar-refractivity contribution in [3.05, 3.63) is 24.5 Å². The predicted molar refractivity (Wildman–Crippen MR) is 64.8 cm³/mol. The number of carbonyl (C=O) groups excluding carboxylic acids is 2. The molecule has 0 bridgehead atoms. The highest BCUT2D eigenvalue weighted by Crippen LogP contribution is 2.03. The molecule has 0 saturated carbocycles. The van der Waals surface area contributed by atoms with Crippen LogP contribution in [0.5, 0.6) is 0 Å². The Morgan fingerprint density at radius 3 is 2.84 bits per heavy atom. The number of hydrogen-bond acceptors (Lipinski definition) is 5. The van der Waals surface area contributed by atoms with Gasteiger partial charge in [0.25, 0.3) is 0 Å². The maximum atomic E-state index is 11.7. The molecule has 2 atom stereocenters. The Kier molecular flexibility index (Phi) is 5.91. The lowest BCUT2D eigenvalue weighted by Gasteiger charge is -2.17. The van der Waals surface area contributed by atoms with E-state index in [1.165, 1.54) is 11.5 Å². The summed E-state index contributed by atoms with van der Waals surface area (Å²) < 4.78 is 0. The number of aliphatic carboxylic acids is 1. The molecule has 104 valence electrons. The van der Waals surface area contributed by atoms with E-state index in [0.717, 1.165) is 0 Å². The van der Waals surface area contributed by atoms with Crippen molar-refractivity contribution in [2.24, 2.45) is 0 Å². The number of aliphatic hydroxyl groups is 1. The van der Waals surface area contributed by atoms with Crippen LogP contribution >= 0.6 is 0 Å². The fraction of sp³-hybridized carbons (Fsp3) is 0.417. The van der Waals surface area contributed by atoms with Crippen molar-refractivity contribution in [1.29, 1.82) is 0 Å². The van der Waals surface area contributed by atoms with Crippen LogP contribution in [0.3, 0.4) is 0 Å². The summed E-state index contributed by atoms with van der Waals surface area (Å²) >= 11 is 0. The van der Waals surface area contributed by atoms with Gasteiger partial charge in [0.05, 0.1) is 30.4 Å². The van der Waals surface area contributed by atoms with E-state index in [1.54, 1.807) is 25.3 Å². The van der Waals surface area contributed by atoms with Crippen LogP contribution in [0, 0.1) is 0 Å². The van der Waals surface area contributed by atoms with Gasteiger partial charge in [-0.1, -0.05) is 0 Å². The number of carboxylic acids is 1. The second kappa shape index (κ2) is 7.45. The SMILES string of the molecule is C[C@H](O)C[NH2+][C@H](CC(=O)Nc1cccnc1)C(=O)[O-]. The number of pyridine rings is 1. The average molecular weight is 267 g/mol. The van der Waals surface area contributed by atoms with Gasteiger partial charge in [-0.2, -0.15) is 0 Å². The van der Waals surface area contributed by atoms with Crippen LogP contribution in [0.1, 0.15) is 13.3 Å². The molecular weight excluding hydrogens is 250 g/mol. The van der Waals surface area contributed by atoms with E-state index >= 15 is 0 Å². The molecule has 0 saturated heterocycles. The summed E-state index contributed by atoms with van der Waals surface area (Å²) in [6, 6.07) is 2.29. The van der Waals surface area contributed by atoms with E-state index in [0.29, 0.717) is 5.69 Å². The number of anilines is 1. The third kappa shape index (κ3) is 5.94. The second-order valence-electron chi connectivity index (χ2n) is 4.24. The first-order chi connectivity index (χ1) is 8.99. The number of nitrogens with one attached hydrogen (secondary N) is 1. The van der Waals surface area contributed by atoms with Crippen molar-refractivity contribution in [2.45, 2.75) is 25.5 Å². The predicted octanol–water partition coefficient (Wildman–Crippen LogP) is -2.53. The lowest BCUT2D eigenvalue weighted by Crippen LogP contribution is -2.94. The molecule has 0 aliphatic heterocycles. The maximum Gasteiger partial charge on any atom is 0.230 e. The summed E-state index contributed by atoms with van der Waals surface area (Å²) in [7, 11) is 0. The topological polar surface area (TPSA) is 119 Å². The van der Waals surface area contributed by atoms with Crippen molar-refractivity contribution in [3.63, 3.8) is 0 Å². The fourth-order valence-corrected chi connectivity index (χ4v) is 1.47. The van der Waals surface area contributed by atoms with Crippen molar-refractivity contribution in [3.8, 4) is 0 Å². The Bertz CT molecular complexity index is 422. The summed E-state index contributed by atoms with van der Waals surface area (Å²) in [4.78, 5) is 26.4. The van der Waals surface area contributed by atoms with E-state index in [4.69, 9.17) is 5.11 Å². The first-order valence-electron chi connectivity index (χ1n) is 5.91. The van der Waals surface area contributed by atoms with Gasteiger partial charge in [-0.15, -0.1) is 0 Å². The standard InChI is InChI=1S/C12H17N3O4/c1-8(16)6-14-10(12(18)19)5-11(17)15-9-3-2-4-13-7-9/h2-4,7-8,10,14,16H,5-6H2,1H3,(H,15,17)(H,18,19)/t8-,10+/m0/s1. The van der Waals surface area contributed by atoms with Gasteiger partial charge in [0.15, 0.2) is 0 Å². The molecule has 1 heterocycles. The van der Waals surface area contributed by atoms with Gasteiger partial charge in [0, 0.05) is 6.20 Å². The third-order valence-electron chi connectivity index (χ3n) is 2.42. The number of hydrogen-bond donors (Lipinski definition) is 3. The fourth-order valence-electron chi connectivity index (χ4n) is 1.47. The van der Waals surface area contributed by atoms with E-state index < -0.39 is 24.0 Å². The van der Waals surface area contributed by atoms with Crippen LogP contribution in [-0.2, 0) is 9.59 Å². The molecule has 7 heteroatoms. The minimum atomic E-state index is -1.33. The van der Waals surface area contributed by atoms with E-state index in [9.17, 15) is 14.7 Å². The van der Waals surface area contributed by atoms with Gasteiger partial charge in [-0.3, -0.25) is 9.78 Å². The lowest BCUT2D eigenvalue weighted by atomic mass is 10.2. The van der Waals surface area contributed by atoms with Crippen molar-refractivity contribution >= 4 is 17.6 Å². The molecule has 1 aromatic heterocycles. The number of quaternary nitrogens is 1. The highest BCUT2D eigenvalue weighted by atomic mass is 16.4. The van der Waals surface area contributed by atoms with Gasteiger partial charge < -0.3 is 25.6 Å². The molecule has 0 aliphatic rings. The molecule has 0 aromatic carbocycles. The van der Waals surface area contributed by atoms with Crippen LogP contribution in [-0.4, -0.2) is 40.7 Å². The lowest BCUT2D eigenvalue weighted by molar-refractivity contribution is -0.687. The summed E-state index contributed by atoms with van der Waals surface area (Å²) in [6.45, 7) is 1.73. The van der Waals surface area contributed by atoms with Crippen LogP contribution in [0.15, 0.2) is 24.5 Å². The quantitative estimate of drug-likeness (QED) is 0.503. The number of rotatable bonds is 7. The molecule has 19 heavy (non-hydrogen) atoms. The van der Waals surface area contributed by atoms with Crippen LogP contribution in [0.25, 0.3) is 0 Å². The van der Waals surface area contributed by atoms with Crippen molar-refractivity contribution < 1.29 is 25.1 Å². The summed E-state index contributed by atoms with van der Waals surface area (Å²) in [6.07, 6.45) is 2.15. The Labute approximate surface area is 110 Å². The number of nitrogens with two attached hydrogens (primary N) is 1. The highest BCUT2D eigenvalue weighted by molar-refractivity contribution is 5.93. The molecule has 0 unspecified atom stereocenters. The summed E-state index contributed by atoms with van der Waals surface area (Å²) in [5, 5.41) is 23.9. The molecule has 0 fully saturated rings. The number of carbonyl (C=O) groups is 2. The van der Waals surface area contributed by atoms with Crippen molar-refractivity contribution in [2.75, 3.05) is 11.9 Å². The number of amides is 1. The normalized spacial score (nSPS) is 13.6. The van der Waals surface area contributed by atoms with E-state index in [2.05, 4.69) is 10.3 Å². The zero-order valence-electron chi connectivity index (χ0n) is 10.6.